The van der Waals surface area contributed by atoms with E-state index in [-0.39, 0.29) is 30.4 Å². The smallest absolute Gasteiger partial charge is 0.330 e. The summed E-state index contributed by atoms with van der Waals surface area (Å²) in [5, 5.41) is 0. The molecule has 8 heteroatoms. The summed E-state index contributed by atoms with van der Waals surface area (Å²) in [6.45, 7) is 0.209. The Morgan fingerprint density at radius 3 is 2.19 bits per heavy atom. The number of nitrogens with one attached hydrogen (secondary N) is 1. The minimum absolute atomic E-state index is 0.0514. The molecule has 0 fully saturated rings. The molecule has 3 N–H and O–H groups in total. The Hall–Kier alpha value is -4.33. The van der Waals surface area contributed by atoms with Crippen molar-refractivity contribution in [2.45, 2.75) is 13.1 Å². The fourth-order valence-electron chi connectivity index (χ4n) is 3.31. The van der Waals surface area contributed by atoms with Crippen molar-refractivity contribution in [1.29, 1.82) is 0 Å². The van der Waals surface area contributed by atoms with Crippen molar-refractivity contribution in [1.82, 2.24) is 9.55 Å². The molecule has 0 aliphatic rings. The summed E-state index contributed by atoms with van der Waals surface area (Å²) in [5.41, 5.74) is 6.39. The van der Waals surface area contributed by atoms with Crippen LogP contribution >= 0.6 is 0 Å². The highest BCUT2D eigenvalue weighted by atomic mass is 16.3. The molecule has 2 aromatic carbocycles. The number of nitrogen functional groups attached to an aromatic ring is 1. The molecule has 8 nitrogen and oxygen atoms in total. The van der Waals surface area contributed by atoms with Crippen molar-refractivity contribution in [3.8, 4) is 0 Å². The maximum atomic E-state index is 13.2. The second-order valence-electron chi connectivity index (χ2n) is 6.92. The molecule has 0 atom stereocenters. The second kappa shape index (κ2) is 8.58. The van der Waals surface area contributed by atoms with Gasteiger partial charge in [0.2, 0.25) is 0 Å². The lowest BCUT2D eigenvalue weighted by atomic mass is 10.2. The lowest BCUT2D eigenvalue weighted by Crippen LogP contribution is -2.41. The molecular weight excluding hydrogens is 396 g/mol. The third-order valence-corrected chi connectivity index (χ3v) is 4.83. The van der Waals surface area contributed by atoms with Gasteiger partial charge in [-0.2, -0.15) is 0 Å². The zero-order valence-electron chi connectivity index (χ0n) is 16.5. The number of furan rings is 1. The van der Waals surface area contributed by atoms with Gasteiger partial charge in [-0.1, -0.05) is 60.7 Å². The molecule has 4 aromatic rings. The van der Waals surface area contributed by atoms with Gasteiger partial charge in [-0.15, -0.1) is 0 Å². The van der Waals surface area contributed by atoms with Crippen LogP contribution < -0.4 is 21.9 Å². The molecule has 0 saturated carbocycles. The highest BCUT2D eigenvalue weighted by molar-refractivity contribution is 6.05. The Bertz CT molecular complexity index is 1290. The van der Waals surface area contributed by atoms with E-state index in [4.69, 9.17) is 10.2 Å². The van der Waals surface area contributed by atoms with Crippen molar-refractivity contribution in [2.75, 3.05) is 10.6 Å². The summed E-state index contributed by atoms with van der Waals surface area (Å²) < 4.78 is 6.49. The number of aromatic amines is 1. The Balaban J connectivity index is 1.84. The van der Waals surface area contributed by atoms with E-state index in [0.29, 0.717) is 0 Å². The number of nitrogens with zero attached hydrogens (tertiary/aromatic N) is 2. The van der Waals surface area contributed by atoms with Gasteiger partial charge in [-0.25, -0.2) is 4.79 Å². The van der Waals surface area contributed by atoms with E-state index >= 15 is 0 Å². The monoisotopic (exact) mass is 416 g/mol. The summed E-state index contributed by atoms with van der Waals surface area (Å²) in [7, 11) is 0. The van der Waals surface area contributed by atoms with Gasteiger partial charge in [-0.05, 0) is 23.3 Å². The average molecular weight is 416 g/mol. The van der Waals surface area contributed by atoms with Crippen LogP contribution in [-0.2, 0) is 13.1 Å². The van der Waals surface area contributed by atoms with Crippen molar-refractivity contribution >= 4 is 17.4 Å². The second-order valence-corrected chi connectivity index (χ2v) is 6.92. The standard InChI is InChI=1S/C23H20N4O4/c24-20-19(21(28)25-23(30)27(20)15-17-10-5-2-6-11-17)26(14-16-8-3-1-4-9-16)22(29)18-12-7-13-31-18/h1-13H,14-15,24H2,(H,25,28,30). The molecule has 1 amide bonds. The molecule has 0 aliphatic heterocycles. The van der Waals surface area contributed by atoms with Crippen molar-refractivity contribution in [2.24, 2.45) is 0 Å². The third kappa shape index (κ3) is 4.18. The number of carbonyl (C=O) groups is 1. The number of carbonyl (C=O) groups excluding carboxylic acids is 1. The van der Waals surface area contributed by atoms with Crippen molar-refractivity contribution in [3.63, 3.8) is 0 Å². The molecule has 4 rings (SSSR count). The average Bonchev–Trinajstić information content (AvgIpc) is 3.32. The van der Waals surface area contributed by atoms with Gasteiger partial charge in [0, 0.05) is 0 Å². The SMILES string of the molecule is Nc1c(N(Cc2ccccc2)C(=O)c2ccco2)c(=O)[nH]c(=O)n1Cc1ccccc1. The van der Waals surface area contributed by atoms with Gasteiger partial charge >= 0.3 is 5.69 Å². The Morgan fingerprint density at radius 2 is 1.58 bits per heavy atom. The zero-order chi connectivity index (χ0) is 21.8. The number of H-pyrrole nitrogens is 1. The lowest BCUT2D eigenvalue weighted by Gasteiger charge is -2.24. The number of nitrogens with two attached hydrogens (primary N) is 1. The molecule has 0 unspecified atom stereocenters. The summed E-state index contributed by atoms with van der Waals surface area (Å²) in [4.78, 5) is 42.0. The summed E-state index contributed by atoms with van der Waals surface area (Å²) >= 11 is 0. The van der Waals surface area contributed by atoms with Crippen LogP contribution in [0.2, 0.25) is 0 Å². The first-order chi connectivity index (χ1) is 15.0. The van der Waals surface area contributed by atoms with Crippen molar-refractivity contribution < 1.29 is 9.21 Å². The number of amides is 1. The van der Waals surface area contributed by atoms with E-state index in [1.54, 1.807) is 6.07 Å². The quantitative estimate of drug-likeness (QED) is 0.501. The third-order valence-electron chi connectivity index (χ3n) is 4.83. The van der Waals surface area contributed by atoms with Crippen LogP contribution in [0.4, 0.5) is 11.5 Å². The number of anilines is 2. The van der Waals surface area contributed by atoms with Gasteiger partial charge in [-0.3, -0.25) is 24.0 Å². The van der Waals surface area contributed by atoms with Gasteiger partial charge < -0.3 is 10.2 Å². The molecule has 31 heavy (non-hydrogen) atoms. The van der Waals surface area contributed by atoms with Crippen LogP contribution in [0, 0.1) is 0 Å². The number of aromatic nitrogens is 2. The minimum atomic E-state index is -0.748. The minimum Gasteiger partial charge on any atom is -0.459 e. The van der Waals surface area contributed by atoms with E-state index in [9.17, 15) is 14.4 Å². The first-order valence-corrected chi connectivity index (χ1v) is 9.60. The normalized spacial score (nSPS) is 10.7. The van der Waals surface area contributed by atoms with Crippen LogP contribution in [0.15, 0.2) is 93.1 Å². The fraction of sp³-hybridized carbons (Fsp3) is 0.0870. The molecule has 0 spiro atoms. The van der Waals surface area contributed by atoms with Crippen LogP contribution in [0.25, 0.3) is 0 Å². The predicted octanol–water partition coefficient (Wildman–Crippen LogP) is 2.61. The Kier molecular flexibility index (Phi) is 5.53. The van der Waals surface area contributed by atoms with E-state index in [1.807, 2.05) is 60.7 Å². The predicted molar refractivity (Wildman–Crippen MR) is 117 cm³/mol. The van der Waals surface area contributed by atoms with Crippen LogP contribution in [0.1, 0.15) is 21.7 Å². The van der Waals surface area contributed by atoms with E-state index < -0.39 is 17.2 Å². The first-order valence-electron chi connectivity index (χ1n) is 9.60. The van der Waals surface area contributed by atoms with Crippen LogP contribution in [0.3, 0.4) is 0 Å². The Morgan fingerprint density at radius 1 is 0.935 bits per heavy atom. The van der Waals surface area contributed by atoms with Gasteiger partial charge in [0.15, 0.2) is 11.4 Å². The van der Waals surface area contributed by atoms with Crippen LogP contribution in [0.5, 0.6) is 0 Å². The largest absolute Gasteiger partial charge is 0.459 e. The molecule has 156 valence electrons. The Labute approximate surface area is 177 Å². The highest BCUT2D eigenvalue weighted by Crippen LogP contribution is 2.22. The van der Waals surface area contributed by atoms with E-state index in [1.165, 1.54) is 21.8 Å². The van der Waals surface area contributed by atoms with E-state index in [0.717, 1.165) is 11.1 Å². The molecule has 0 aliphatic carbocycles. The molecular formula is C23H20N4O4. The number of hydrogen-bond acceptors (Lipinski definition) is 5. The lowest BCUT2D eigenvalue weighted by molar-refractivity contribution is 0.0958. The van der Waals surface area contributed by atoms with Crippen LogP contribution in [-0.4, -0.2) is 15.5 Å². The summed E-state index contributed by atoms with van der Waals surface area (Å²) in [6, 6.07) is 21.5. The molecule has 0 bridgehead atoms. The summed E-state index contributed by atoms with van der Waals surface area (Å²) in [6.07, 6.45) is 1.37. The molecule has 0 radical (unpaired) electrons. The maximum absolute atomic E-state index is 13.2. The maximum Gasteiger partial charge on any atom is 0.330 e. The number of hydrogen-bond donors (Lipinski definition) is 2. The van der Waals surface area contributed by atoms with Gasteiger partial charge in [0.25, 0.3) is 11.5 Å². The van der Waals surface area contributed by atoms with E-state index in [2.05, 4.69) is 4.98 Å². The van der Waals surface area contributed by atoms with Crippen molar-refractivity contribution in [3.05, 3.63) is 117 Å². The highest BCUT2D eigenvalue weighted by Gasteiger charge is 2.27. The number of benzene rings is 2. The number of rotatable bonds is 6. The van der Waals surface area contributed by atoms with Gasteiger partial charge in [0.1, 0.15) is 5.82 Å². The first kappa shape index (κ1) is 20.0. The summed E-state index contributed by atoms with van der Waals surface area (Å²) in [5.74, 6) is -0.597. The zero-order valence-corrected chi connectivity index (χ0v) is 16.5. The molecule has 0 saturated heterocycles. The molecule has 2 heterocycles. The topological polar surface area (TPSA) is 114 Å². The van der Waals surface area contributed by atoms with Gasteiger partial charge in [0.05, 0.1) is 19.4 Å². The fourth-order valence-corrected chi connectivity index (χ4v) is 3.31. The molecule has 2 aromatic heterocycles.